The molecule has 0 aromatic carbocycles. The van der Waals surface area contributed by atoms with E-state index >= 15 is 0 Å². The molecular weight excluding hydrogens is 182 g/mol. The van der Waals surface area contributed by atoms with Crippen molar-refractivity contribution in [3.8, 4) is 0 Å². The van der Waals surface area contributed by atoms with Crippen LogP contribution in [0.3, 0.4) is 0 Å². The molecule has 2 N–H and O–H groups in total. The third-order valence-electron chi connectivity index (χ3n) is 2.67. The van der Waals surface area contributed by atoms with Crippen molar-refractivity contribution in [3.05, 3.63) is 0 Å². The second-order valence-electron chi connectivity index (χ2n) is 3.89. The average Bonchev–Trinajstić information content (AvgIpc) is 2.18. The predicted octanol–water partition coefficient (Wildman–Crippen LogP) is 0.836. The van der Waals surface area contributed by atoms with Crippen LogP contribution in [0.4, 0.5) is 0 Å². The van der Waals surface area contributed by atoms with Crippen molar-refractivity contribution in [1.29, 1.82) is 0 Å². The van der Waals surface area contributed by atoms with Crippen molar-refractivity contribution in [2.24, 2.45) is 5.73 Å². The molecule has 1 unspecified atom stereocenters. The van der Waals surface area contributed by atoms with Crippen LogP contribution in [0.1, 0.15) is 33.1 Å². The molecule has 82 valence electrons. The summed E-state index contributed by atoms with van der Waals surface area (Å²) < 4.78 is 10.4. The van der Waals surface area contributed by atoms with E-state index in [1.807, 2.05) is 13.8 Å². The molecule has 0 saturated carbocycles. The number of esters is 1. The second kappa shape index (κ2) is 4.75. The van der Waals surface area contributed by atoms with Crippen LogP contribution in [-0.4, -0.2) is 30.8 Å². The first kappa shape index (κ1) is 11.5. The van der Waals surface area contributed by atoms with E-state index in [2.05, 4.69) is 0 Å². The highest BCUT2D eigenvalue weighted by molar-refractivity contribution is 5.80. The van der Waals surface area contributed by atoms with Gasteiger partial charge >= 0.3 is 5.97 Å². The van der Waals surface area contributed by atoms with E-state index in [1.54, 1.807) is 0 Å². The predicted molar refractivity (Wildman–Crippen MR) is 52.8 cm³/mol. The first-order chi connectivity index (χ1) is 6.58. The van der Waals surface area contributed by atoms with Gasteiger partial charge in [0.2, 0.25) is 0 Å². The Morgan fingerprint density at radius 2 is 2.14 bits per heavy atom. The lowest BCUT2D eigenvalue weighted by Crippen LogP contribution is -2.53. The summed E-state index contributed by atoms with van der Waals surface area (Å²) in [5.41, 5.74) is 5.13. The summed E-state index contributed by atoms with van der Waals surface area (Å²) >= 11 is 0. The van der Waals surface area contributed by atoms with E-state index in [0.717, 1.165) is 6.42 Å². The number of rotatable bonds is 3. The molecule has 1 aliphatic rings. The van der Waals surface area contributed by atoms with E-state index in [9.17, 15) is 4.79 Å². The summed E-state index contributed by atoms with van der Waals surface area (Å²) in [7, 11) is 0. The van der Waals surface area contributed by atoms with Gasteiger partial charge in [0, 0.05) is 13.2 Å². The first-order valence-corrected chi connectivity index (χ1v) is 5.16. The van der Waals surface area contributed by atoms with Gasteiger partial charge in [-0.05, 0) is 26.2 Å². The monoisotopic (exact) mass is 201 g/mol. The summed E-state index contributed by atoms with van der Waals surface area (Å²) in [5.74, 6) is -0.282. The molecule has 1 aliphatic heterocycles. The number of carbonyl (C=O) groups is 1. The highest BCUT2D eigenvalue weighted by atomic mass is 16.5. The number of ether oxygens (including phenoxy) is 2. The molecule has 1 rings (SSSR count). The maximum atomic E-state index is 11.7. The Kier molecular flexibility index (Phi) is 3.89. The molecule has 0 aliphatic carbocycles. The first-order valence-electron chi connectivity index (χ1n) is 5.16. The summed E-state index contributed by atoms with van der Waals surface area (Å²) in [6.07, 6.45) is 1.88. The molecule has 1 heterocycles. The molecule has 14 heavy (non-hydrogen) atoms. The van der Waals surface area contributed by atoms with Gasteiger partial charge in [-0.2, -0.15) is 0 Å². The maximum Gasteiger partial charge on any atom is 0.326 e. The minimum Gasteiger partial charge on any atom is -0.461 e. The minimum atomic E-state index is -0.818. The fourth-order valence-electron chi connectivity index (χ4n) is 1.32. The van der Waals surface area contributed by atoms with Gasteiger partial charge in [0.25, 0.3) is 0 Å². The molecule has 1 fully saturated rings. The Bertz CT molecular complexity index is 200. The molecule has 0 aromatic rings. The van der Waals surface area contributed by atoms with Crippen LogP contribution in [-0.2, 0) is 14.3 Å². The van der Waals surface area contributed by atoms with Gasteiger partial charge in [0.1, 0.15) is 5.54 Å². The number of hydrogen-bond donors (Lipinski definition) is 1. The van der Waals surface area contributed by atoms with Gasteiger partial charge in [-0.25, -0.2) is 0 Å². The molecule has 0 spiro atoms. The average molecular weight is 201 g/mol. The van der Waals surface area contributed by atoms with Crippen LogP contribution in [0.25, 0.3) is 0 Å². The summed E-state index contributed by atoms with van der Waals surface area (Å²) in [6, 6.07) is 0. The van der Waals surface area contributed by atoms with Gasteiger partial charge in [-0.1, -0.05) is 6.92 Å². The lowest BCUT2D eigenvalue weighted by Gasteiger charge is -2.31. The summed E-state index contributed by atoms with van der Waals surface area (Å²) in [5, 5.41) is 0. The largest absolute Gasteiger partial charge is 0.461 e. The summed E-state index contributed by atoms with van der Waals surface area (Å²) in [6.45, 7) is 4.95. The topological polar surface area (TPSA) is 61.5 Å². The van der Waals surface area contributed by atoms with Gasteiger partial charge in [0.05, 0.1) is 6.10 Å². The molecule has 0 bridgehead atoms. The third-order valence-corrected chi connectivity index (χ3v) is 2.67. The van der Waals surface area contributed by atoms with Crippen LogP contribution in [0.5, 0.6) is 0 Å². The fraction of sp³-hybridized carbons (Fsp3) is 0.900. The number of carbonyl (C=O) groups excluding carboxylic acids is 1. The van der Waals surface area contributed by atoms with Crippen molar-refractivity contribution in [3.63, 3.8) is 0 Å². The zero-order chi connectivity index (χ0) is 10.6. The summed E-state index contributed by atoms with van der Waals surface area (Å²) in [4.78, 5) is 11.7. The van der Waals surface area contributed by atoms with Gasteiger partial charge < -0.3 is 15.2 Å². The van der Waals surface area contributed by atoms with Gasteiger partial charge in [-0.15, -0.1) is 0 Å². The smallest absolute Gasteiger partial charge is 0.326 e. The molecule has 1 saturated heterocycles. The minimum absolute atomic E-state index is 0.0502. The van der Waals surface area contributed by atoms with Crippen molar-refractivity contribution >= 4 is 5.97 Å². The third kappa shape index (κ3) is 2.69. The fourth-order valence-corrected chi connectivity index (χ4v) is 1.32. The van der Waals surface area contributed by atoms with Crippen LogP contribution < -0.4 is 5.73 Å². The Morgan fingerprint density at radius 3 is 2.64 bits per heavy atom. The lowest BCUT2D eigenvalue weighted by atomic mass is 9.91. The molecule has 0 radical (unpaired) electrons. The Hall–Kier alpha value is -0.610. The molecular formula is C10H19NO3. The van der Waals surface area contributed by atoms with E-state index < -0.39 is 5.54 Å². The standard InChI is InChI=1S/C10H19NO3/c1-3-8(2)14-9(12)10(11)4-6-13-7-5-10/h8H,3-7,11H2,1-2H3. The molecule has 4 heteroatoms. The zero-order valence-electron chi connectivity index (χ0n) is 8.91. The Labute approximate surface area is 84.7 Å². The SMILES string of the molecule is CCC(C)OC(=O)C1(N)CCOCC1. The number of hydrogen-bond acceptors (Lipinski definition) is 4. The van der Waals surface area contributed by atoms with E-state index in [4.69, 9.17) is 15.2 Å². The highest BCUT2D eigenvalue weighted by Gasteiger charge is 2.38. The normalized spacial score (nSPS) is 22.8. The zero-order valence-corrected chi connectivity index (χ0v) is 8.91. The molecule has 0 aromatic heterocycles. The lowest BCUT2D eigenvalue weighted by molar-refractivity contribution is -0.158. The maximum absolute atomic E-state index is 11.7. The Balaban J connectivity index is 2.49. The number of nitrogens with two attached hydrogens (primary N) is 1. The van der Waals surface area contributed by atoms with E-state index in [-0.39, 0.29) is 12.1 Å². The van der Waals surface area contributed by atoms with Crippen LogP contribution in [0.15, 0.2) is 0 Å². The van der Waals surface area contributed by atoms with E-state index in [0.29, 0.717) is 26.1 Å². The Morgan fingerprint density at radius 1 is 1.57 bits per heavy atom. The van der Waals surface area contributed by atoms with Crippen molar-refractivity contribution in [2.45, 2.75) is 44.8 Å². The van der Waals surface area contributed by atoms with Crippen molar-refractivity contribution < 1.29 is 14.3 Å². The van der Waals surface area contributed by atoms with Crippen LogP contribution >= 0.6 is 0 Å². The quantitative estimate of drug-likeness (QED) is 0.687. The van der Waals surface area contributed by atoms with E-state index in [1.165, 1.54) is 0 Å². The van der Waals surface area contributed by atoms with Gasteiger partial charge in [0.15, 0.2) is 0 Å². The second-order valence-corrected chi connectivity index (χ2v) is 3.89. The van der Waals surface area contributed by atoms with Crippen molar-refractivity contribution in [2.75, 3.05) is 13.2 Å². The van der Waals surface area contributed by atoms with Crippen molar-refractivity contribution in [1.82, 2.24) is 0 Å². The highest BCUT2D eigenvalue weighted by Crippen LogP contribution is 2.20. The van der Waals surface area contributed by atoms with Gasteiger partial charge in [-0.3, -0.25) is 4.79 Å². The molecule has 0 amide bonds. The molecule has 4 nitrogen and oxygen atoms in total. The van der Waals surface area contributed by atoms with Crippen LogP contribution in [0.2, 0.25) is 0 Å². The van der Waals surface area contributed by atoms with Crippen LogP contribution in [0, 0.1) is 0 Å². The molecule has 1 atom stereocenters.